The lowest BCUT2D eigenvalue weighted by Gasteiger charge is -2.16. The summed E-state index contributed by atoms with van der Waals surface area (Å²) in [5, 5.41) is 2.62. The molecule has 2 heteroatoms. The van der Waals surface area contributed by atoms with Crippen molar-refractivity contribution in [3.05, 3.63) is 48.0 Å². The number of nitrogens with one attached hydrogen (secondary N) is 1. The molecule has 2 aromatic rings. The van der Waals surface area contributed by atoms with Crippen LogP contribution in [0.5, 0.6) is 0 Å². The molecule has 1 unspecified atom stereocenters. The van der Waals surface area contributed by atoms with Crippen LogP contribution in [0.2, 0.25) is 0 Å². The second-order valence-corrected chi connectivity index (χ2v) is 5.77. The molecule has 0 aliphatic heterocycles. The van der Waals surface area contributed by atoms with Gasteiger partial charge in [0.2, 0.25) is 0 Å². The maximum atomic E-state index is 5.69. The van der Waals surface area contributed by atoms with Gasteiger partial charge in [0.05, 0.1) is 0 Å². The molecule has 0 amide bonds. The summed E-state index contributed by atoms with van der Waals surface area (Å²) < 4.78 is 0. The van der Waals surface area contributed by atoms with Gasteiger partial charge in [-0.3, -0.25) is 11.3 Å². The number of nitrogens with two attached hydrogens (primary N) is 1. The molecule has 1 aliphatic rings. The van der Waals surface area contributed by atoms with E-state index >= 15 is 0 Å². The molecule has 2 nitrogen and oxygen atoms in total. The summed E-state index contributed by atoms with van der Waals surface area (Å²) in [4.78, 5) is 0. The number of benzene rings is 2. The van der Waals surface area contributed by atoms with Crippen molar-refractivity contribution < 1.29 is 0 Å². The highest BCUT2D eigenvalue weighted by atomic mass is 15.2. The van der Waals surface area contributed by atoms with E-state index in [1.165, 1.54) is 42.0 Å². The lowest BCUT2D eigenvalue weighted by atomic mass is 9.98. The van der Waals surface area contributed by atoms with E-state index < -0.39 is 0 Å². The third-order valence-electron chi connectivity index (χ3n) is 4.15. The first-order valence-electron chi connectivity index (χ1n) is 7.29. The van der Waals surface area contributed by atoms with Crippen LogP contribution in [0.25, 0.3) is 10.8 Å². The maximum Gasteiger partial charge on any atom is 0.0251 e. The Hall–Kier alpha value is -1.38. The third kappa shape index (κ3) is 3.34. The number of fused-ring (bicyclic) bond motifs is 1. The number of hydrogen-bond acceptors (Lipinski definition) is 2. The van der Waals surface area contributed by atoms with Crippen LogP contribution >= 0.6 is 0 Å². The Morgan fingerprint density at radius 3 is 2.63 bits per heavy atom. The van der Waals surface area contributed by atoms with E-state index in [1.807, 2.05) is 0 Å². The van der Waals surface area contributed by atoms with E-state index in [1.54, 1.807) is 0 Å². The fourth-order valence-electron chi connectivity index (χ4n) is 2.74. The number of rotatable bonds is 6. The van der Waals surface area contributed by atoms with Gasteiger partial charge in [-0.1, -0.05) is 55.3 Å². The standard InChI is InChI=1S/C17H22N2/c18-19-17(10-8-13-5-6-13)12-14-7-9-15-3-1-2-4-16(15)11-14/h1-4,7,9,11,13,17,19H,5-6,8,10,12,18H2. The first-order chi connectivity index (χ1) is 9.35. The molecule has 1 saturated carbocycles. The lowest BCUT2D eigenvalue weighted by molar-refractivity contribution is 0.462. The van der Waals surface area contributed by atoms with Crippen LogP contribution in [-0.2, 0) is 6.42 Å². The molecule has 100 valence electrons. The van der Waals surface area contributed by atoms with Crippen LogP contribution in [0.4, 0.5) is 0 Å². The summed E-state index contributed by atoms with van der Waals surface area (Å²) in [5.41, 5.74) is 4.35. The molecule has 0 heterocycles. The Balaban J connectivity index is 1.67. The Labute approximate surface area is 115 Å². The fraction of sp³-hybridized carbons (Fsp3) is 0.412. The van der Waals surface area contributed by atoms with Gasteiger partial charge >= 0.3 is 0 Å². The van der Waals surface area contributed by atoms with Gasteiger partial charge in [0.15, 0.2) is 0 Å². The summed E-state index contributed by atoms with van der Waals surface area (Å²) in [6.45, 7) is 0. The van der Waals surface area contributed by atoms with Gasteiger partial charge in [-0.05, 0) is 41.5 Å². The monoisotopic (exact) mass is 254 g/mol. The molecular weight excluding hydrogens is 232 g/mol. The highest BCUT2D eigenvalue weighted by Crippen LogP contribution is 2.34. The highest BCUT2D eigenvalue weighted by molar-refractivity contribution is 5.82. The summed E-state index contributed by atoms with van der Waals surface area (Å²) in [7, 11) is 0. The quantitative estimate of drug-likeness (QED) is 0.612. The third-order valence-corrected chi connectivity index (χ3v) is 4.15. The zero-order chi connectivity index (χ0) is 13.1. The maximum absolute atomic E-state index is 5.69. The van der Waals surface area contributed by atoms with Gasteiger partial charge < -0.3 is 0 Å². The fourth-order valence-corrected chi connectivity index (χ4v) is 2.74. The lowest BCUT2D eigenvalue weighted by Crippen LogP contribution is -2.36. The van der Waals surface area contributed by atoms with E-state index in [-0.39, 0.29) is 0 Å². The van der Waals surface area contributed by atoms with E-state index in [2.05, 4.69) is 47.9 Å². The van der Waals surface area contributed by atoms with Crippen molar-refractivity contribution in [1.29, 1.82) is 0 Å². The predicted molar refractivity (Wildman–Crippen MR) is 80.7 cm³/mol. The van der Waals surface area contributed by atoms with Gasteiger partial charge in [0.25, 0.3) is 0 Å². The summed E-state index contributed by atoms with van der Waals surface area (Å²) in [5.74, 6) is 6.67. The minimum atomic E-state index is 0.404. The number of hydrazine groups is 1. The van der Waals surface area contributed by atoms with Crippen LogP contribution in [0.15, 0.2) is 42.5 Å². The van der Waals surface area contributed by atoms with Crippen LogP contribution in [0, 0.1) is 5.92 Å². The second kappa shape index (κ2) is 5.72. The largest absolute Gasteiger partial charge is 0.271 e. The van der Waals surface area contributed by atoms with Gasteiger partial charge in [-0.25, -0.2) is 0 Å². The van der Waals surface area contributed by atoms with E-state index in [4.69, 9.17) is 5.84 Å². The second-order valence-electron chi connectivity index (χ2n) is 5.77. The van der Waals surface area contributed by atoms with E-state index in [9.17, 15) is 0 Å². The zero-order valence-electron chi connectivity index (χ0n) is 11.3. The molecule has 1 atom stereocenters. The first kappa shape index (κ1) is 12.6. The average Bonchev–Trinajstić information content (AvgIpc) is 3.27. The van der Waals surface area contributed by atoms with E-state index in [0.29, 0.717) is 6.04 Å². The van der Waals surface area contributed by atoms with Crippen LogP contribution < -0.4 is 11.3 Å². The SMILES string of the molecule is NNC(CCC1CC1)Cc1ccc2ccccc2c1. The Morgan fingerprint density at radius 2 is 1.89 bits per heavy atom. The van der Waals surface area contributed by atoms with Gasteiger partial charge in [0.1, 0.15) is 0 Å². The minimum absolute atomic E-state index is 0.404. The summed E-state index contributed by atoms with van der Waals surface area (Å²) >= 11 is 0. The Morgan fingerprint density at radius 1 is 1.11 bits per heavy atom. The molecule has 3 rings (SSSR count). The van der Waals surface area contributed by atoms with Crippen molar-refractivity contribution in [1.82, 2.24) is 5.43 Å². The molecular formula is C17H22N2. The van der Waals surface area contributed by atoms with Crippen LogP contribution in [0.3, 0.4) is 0 Å². The number of hydrogen-bond donors (Lipinski definition) is 2. The minimum Gasteiger partial charge on any atom is -0.271 e. The predicted octanol–water partition coefficient (Wildman–Crippen LogP) is 3.40. The Kier molecular flexibility index (Phi) is 3.81. The topological polar surface area (TPSA) is 38.0 Å². The normalized spacial score (nSPS) is 16.7. The molecule has 3 N–H and O–H groups in total. The molecule has 0 spiro atoms. The van der Waals surface area contributed by atoms with Crippen molar-refractivity contribution in [2.45, 2.75) is 38.1 Å². The highest BCUT2D eigenvalue weighted by Gasteiger charge is 2.22. The molecule has 19 heavy (non-hydrogen) atoms. The smallest absolute Gasteiger partial charge is 0.0251 e. The summed E-state index contributed by atoms with van der Waals surface area (Å²) in [6.07, 6.45) is 6.38. The van der Waals surface area contributed by atoms with Crippen molar-refractivity contribution in [3.63, 3.8) is 0 Å². The molecule has 0 saturated heterocycles. The molecule has 0 aromatic heterocycles. The van der Waals surface area contributed by atoms with Crippen LogP contribution in [-0.4, -0.2) is 6.04 Å². The first-order valence-corrected chi connectivity index (χ1v) is 7.29. The van der Waals surface area contributed by atoms with Crippen molar-refractivity contribution in [2.24, 2.45) is 11.8 Å². The molecule has 0 bridgehead atoms. The van der Waals surface area contributed by atoms with Crippen molar-refractivity contribution >= 4 is 10.8 Å². The van der Waals surface area contributed by atoms with Gasteiger partial charge in [-0.2, -0.15) is 0 Å². The summed E-state index contributed by atoms with van der Waals surface area (Å²) in [6, 6.07) is 15.6. The van der Waals surface area contributed by atoms with Crippen molar-refractivity contribution in [2.75, 3.05) is 0 Å². The average molecular weight is 254 g/mol. The molecule has 0 radical (unpaired) electrons. The van der Waals surface area contributed by atoms with Crippen LogP contribution in [0.1, 0.15) is 31.2 Å². The molecule has 1 aliphatic carbocycles. The Bertz CT molecular complexity index is 546. The van der Waals surface area contributed by atoms with Gasteiger partial charge in [0, 0.05) is 6.04 Å². The molecule has 2 aromatic carbocycles. The molecule has 1 fully saturated rings. The zero-order valence-corrected chi connectivity index (χ0v) is 11.3. The van der Waals surface area contributed by atoms with Crippen molar-refractivity contribution in [3.8, 4) is 0 Å². The van der Waals surface area contributed by atoms with Gasteiger partial charge in [-0.15, -0.1) is 0 Å². The van der Waals surface area contributed by atoms with E-state index in [0.717, 1.165) is 12.3 Å².